The van der Waals surface area contributed by atoms with Crippen LogP contribution < -0.4 is 20.3 Å². The Balaban J connectivity index is 1.59. The molecule has 1 aliphatic heterocycles. The fourth-order valence-corrected chi connectivity index (χ4v) is 6.87. The maximum absolute atomic E-state index is 12.9. The van der Waals surface area contributed by atoms with E-state index in [1.807, 2.05) is 0 Å². The highest BCUT2D eigenvalue weighted by molar-refractivity contribution is 6.66. The summed E-state index contributed by atoms with van der Waals surface area (Å²) in [5.74, 6) is -5.91. The van der Waals surface area contributed by atoms with Gasteiger partial charge in [0.1, 0.15) is 9.75 Å². The highest BCUT2D eigenvalue weighted by Gasteiger charge is 2.85. The molecule has 3 aliphatic rings. The third-order valence-electron chi connectivity index (χ3n) is 5.42. The largest absolute Gasteiger partial charge is 0.481 e. The molecule has 3 N–H and O–H groups in total. The number of rotatable bonds is 3. The first-order valence-corrected chi connectivity index (χ1v) is 10.7. The van der Waals surface area contributed by atoms with Crippen LogP contribution in [0.5, 0.6) is 11.5 Å². The van der Waals surface area contributed by atoms with Crippen LogP contribution in [0.2, 0.25) is 0 Å². The minimum Gasteiger partial charge on any atom is -0.481 e. The lowest BCUT2D eigenvalue weighted by atomic mass is 9.81. The smallest absolute Gasteiger partial charge is 0.309 e. The Kier molecular flexibility index (Phi) is 5.44. The van der Waals surface area contributed by atoms with Crippen LogP contribution in [-0.2, 0) is 9.59 Å². The van der Waals surface area contributed by atoms with Crippen molar-refractivity contribution in [3.8, 4) is 11.5 Å². The number of nitrogens with one attached hydrogen (secondary N) is 2. The molecule has 0 saturated heterocycles. The van der Waals surface area contributed by atoms with Crippen molar-refractivity contribution in [2.75, 3.05) is 6.79 Å². The Labute approximate surface area is 204 Å². The Hall–Kier alpha value is -1.29. The van der Waals surface area contributed by atoms with Crippen LogP contribution in [0.4, 0.5) is 0 Å². The molecule has 1 aromatic carbocycles. The molecule has 0 spiro atoms. The Morgan fingerprint density at radius 1 is 0.935 bits per heavy atom. The second-order valence-electron chi connectivity index (χ2n) is 6.93. The van der Waals surface area contributed by atoms with Crippen LogP contribution >= 0.6 is 69.6 Å². The number of allylic oxidation sites excluding steroid dienone is 2. The summed E-state index contributed by atoms with van der Waals surface area (Å²) in [5.41, 5.74) is 4.41. The molecule has 4 rings (SSSR count). The summed E-state index contributed by atoms with van der Waals surface area (Å²) in [7, 11) is 0. The quantitative estimate of drug-likeness (QED) is 0.393. The van der Waals surface area contributed by atoms with Crippen LogP contribution in [0.3, 0.4) is 0 Å². The number of hydrogen-bond donors (Lipinski definition) is 3. The highest BCUT2D eigenvalue weighted by Crippen LogP contribution is 2.76. The van der Waals surface area contributed by atoms with Crippen molar-refractivity contribution in [1.82, 2.24) is 10.9 Å². The van der Waals surface area contributed by atoms with Crippen molar-refractivity contribution < 1.29 is 29.0 Å². The van der Waals surface area contributed by atoms with E-state index in [-0.39, 0.29) is 22.4 Å². The third-order valence-corrected chi connectivity index (χ3v) is 9.68. The van der Waals surface area contributed by atoms with Gasteiger partial charge in [0.25, 0.3) is 5.91 Å². The minimum atomic E-state index is -2.25. The second kappa shape index (κ2) is 7.37. The lowest BCUT2D eigenvalue weighted by Gasteiger charge is -2.33. The van der Waals surface area contributed by atoms with Crippen molar-refractivity contribution in [3.05, 3.63) is 33.8 Å². The summed E-state index contributed by atoms with van der Waals surface area (Å²) in [6, 6.07) is 4.35. The minimum absolute atomic E-state index is 0.0167. The molecule has 0 aromatic heterocycles. The van der Waals surface area contributed by atoms with E-state index >= 15 is 0 Å². The predicted molar refractivity (Wildman–Crippen MR) is 113 cm³/mol. The topological polar surface area (TPSA) is 114 Å². The van der Waals surface area contributed by atoms with Gasteiger partial charge in [-0.1, -0.05) is 46.4 Å². The molecule has 2 aliphatic carbocycles. The molecule has 0 unspecified atom stereocenters. The van der Waals surface area contributed by atoms with E-state index in [1.54, 1.807) is 0 Å². The Morgan fingerprint density at radius 3 is 2.13 bits per heavy atom. The van der Waals surface area contributed by atoms with Crippen LogP contribution in [0.25, 0.3) is 0 Å². The third kappa shape index (κ3) is 2.85. The molecule has 31 heavy (non-hydrogen) atoms. The zero-order valence-electron chi connectivity index (χ0n) is 14.9. The molecule has 8 nitrogen and oxygen atoms in total. The van der Waals surface area contributed by atoms with Crippen molar-refractivity contribution in [2.24, 2.45) is 11.8 Å². The number of ether oxygens (including phenoxy) is 2. The van der Waals surface area contributed by atoms with Gasteiger partial charge >= 0.3 is 5.97 Å². The van der Waals surface area contributed by atoms with Crippen molar-refractivity contribution in [2.45, 2.75) is 14.1 Å². The number of alkyl halides is 4. The average Bonchev–Trinajstić information content (AvgIpc) is 3.27. The average molecular weight is 551 g/mol. The second-order valence-corrected chi connectivity index (χ2v) is 10.2. The molecule has 1 fully saturated rings. The number of hydrogen-bond acceptors (Lipinski definition) is 5. The van der Waals surface area contributed by atoms with Crippen LogP contribution in [0, 0.1) is 11.8 Å². The number of aliphatic carboxylic acids is 1. The fourth-order valence-electron chi connectivity index (χ4n) is 3.93. The maximum Gasteiger partial charge on any atom is 0.309 e. The van der Waals surface area contributed by atoms with Crippen molar-refractivity contribution in [3.63, 3.8) is 0 Å². The standard InChI is InChI=1S/C17H10Cl6N2O6/c18-10-11(19)16(21)9(14(28)29)8(15(10,20)17(16,22)23)13(27)25-24-12(26)5-1-2-6-7(3-5)31-4-30-6/h1-3,8-9H,4H2,(H,24,26)(H,25,27)(H,28,29)/t8-,9-,15+,16+/m0/s1. The first-order valence-electron chi connectivity index (χ1n) is 8.43. The van der Waals surface area contributed by atoms with Gasteiger partial charge in [-0.2, -0.15) is 0 Å². The zero-order valence-corrected chi connectivity index (χ0v) is 19.4. The van der Waals surface area contributed by atoms with E-state index in [0.29, 0.717) is 11.5 Å². The summed E-state index contributed by atoms with van der Waals surface area (Å²) >= 11 is 37.9. The number of halogens is 6. The molecule has 1 aromatic rings. The van der Waals surface area contributed by atoms with E-state index in [2.05, 4.69) is 10.9 Å². The lowest BCUT2D eigenvalue weighted by Crippen LogP contribution is -2.53. The first kappa shape index (κ1) is 22.9. The predicted octanol–water partition coefficient (Wildman–Crippen LogP) is 3.34. The Bertz CT molecular complexity index is 1060. The number of fused-ring (bicyclic) bond motifs is 3. The van der Waals surface area contributed by atoms with Gasteiger partial charge in [0.15, 0.2) is 15.8 Å². The molecule has 166 valence electrons. The van der Waals surface area contributed by atoms with Gasteiger partial charge in [-0.15, -0.1) is 23.2 Å². The Morgan fingerprint density at radius 2 is 1.52 bits per heavy atom. The number of carbonyl (C=O) groups is 3. The van der Waals surface area contributed by atoms with Crippen molar-refractivity contribution >= 4 is 87.4 Å². The van der Waals surface area contributed by atoms with E-state index in [0.717, 1.165) is 0 Å². The van der Waals surface area contributed by atoms with Gasteiger partial charge in [0.2, 0.25) is 12.7 Å². The van der Waals surface area contributed by atoms with E-state index in [9.17, 15) is 19.5 Å². The van der Waals surface area contributed by atoms with Gasteiger partial charge in [0.05, 0.1) is 21.9 Å². The first-order chi connectivity index (χ1) is 14.4. The molecular formula is C17H10Cl6N2O6. The summed E-state index contributed by atoms with van der Waals surface area (Å²) in [6.07, 6.45) is 0. The number of carbonyl (C=O) groups excluding carboxylic acids is 2. The molecule has 14 heteroatoms. The van der Waals surface area contributed by atoms with Crippen LogP contribution in [-0.4, -0.2) is 43.8 Å². The van der Waals surface area contributed by atoms with Gasteiger partial charge in [0, 0.05) is 5.56 Å². The van der Waals surface area contributed by atoms with Crippen LogP contribution in [0.1, 0.15) is 10.4 Å². The zero-order chi connectivity index (χ0) is 22.9. The number of carboxylic acids is 1. The molecule has 1 saturated carbocycles. The SMILES string of the molecule is O=C(NNC(=O)[C@@H]1[C@@H](C(=O)O)[C@@]2(Cl)C(Cl)=C(Cl)[C@@]1(Cl)C2(Cl)Cl)c1ccc2c(c1)OCO2. The van der Waals surface area contributed by atoms with Crippen molar-refractivity contribution in [1.29, 1.82) is 0 Å². The molecular weight excluding hydrogens is 541 g/mol. The molecule has 0 radical (unpaired) electrons. The summed E-state index contributed by atoms with van der Waals surface area (Å²) < 4.78 is 8.11. The van der Waals surface area contributed by atoms with Gasteiger partial charge in [-0.25, -0.2) is 0 Å². The van der Waals surface area contributed by atoms with E-state index < -0.39 is 43.7 Å². The normalized spacial score (nSPS) is 32.2. The number of hydrazine groups is 1. The van der Waals surface area contributed by atoms with E-state index in [4.69, 9.17) is 79.1 Å². The molecule has 2 bridgehead atoms. The summed E-state index contributed by atoms with van der Waals surface area (Å²) in [5, 5.41) is 9.02. The maximum atomic E-state index is 12.9. The van der Waals surface area contributed by atoms with E-state index in [1.165, 1.54) is 18.2 Å². The highest BCUT2D eigenvalue weighted by atomic mass is 35.5. The van der Waals surface area contributed by atoms with Crippen LogP contribution in [0.15, 0.2) is 28.3 Å². The number of carboxylic acid groups (broad SMARTS) is 1. The van der Waals surface area contributed by atoms with Gasteiger partial charge < -0.3 is 14.6 Å². The summed E-state index contributed by atoms with van der Waals surface area (Å²) in [4.78, 5) is 33.0. The molecule has 2 amide bonds. The van der Waals surface area contributed by atoms with Gasteiger partial charge in [-0.3, -0.25) is 25.2 Å². The molecule has 4 atom stereocenters. The lowest BCUT2D eigenvalue weighted by molar-refractivity contribution is -0.147. The summed E-state index contributed by atoms with van der Waals surface area (Å²) in [6.45, 7) is 0.0167. The number of benzene rings is 1. The molecule has 1 heterocycles. The fraction of sp³-hybridized carbons (Fsp3) is 0.353. The monoisotopic (exact) mass is 548 g/mol. The van der Waals surface area contributed by atoms with Gasteiger partial charge in [-0.05, 0) is 18.2 Å². The number of amides is 2.